The fourth-order valence-electron chi connectivity index (χ4n) is 1.07. The van der Waals surface area contributed by atoms with Crippen LogP contribution >= 0.6 is 11.8 Å². The highest BCUT2D eigenvalue weighted by Gasteiger charge is 2.18. The topological polar surface area (TPSA) is 12.0 Å². The Labute approximate surface area is 75.4 Å². The van der Waals surface area contributed by atoms with Crippen molar-refractivity contribution in [1.29, 1.82) is 0 Å². The van der Waals surface area contributed by atoms with E-state index in [2.05, 4.69) is 5.32 Å². The van der Waals surface area contributed by atoms with E-state index in [9.17, 15) is 4.39 Å². The molecule has 3 heteroatoms. The number of benzene rings is 1. The maximum Gasteiger partial charge on any atom is 0.136 e. The van der Waals surface area contributed by atoms with Gasteiger partial charge in [0.1, 0.15) is 5.82 Å². The molecule has 1 saturated heterocycles. The van der Waals surface area contributed by atoms with Crippen LogP contribution < -0.4 is 5.32 Å². The van der Waals surface area contributed by atoms with Gasteiger partial charge in [-0.05, 0) is 12.1 Å². The first-order valence-electron chi connectivity index (χ1n) is 3.98. The fourth-order valence-corrected chi connectivity index (χ4v) is 2.16. The Bertz CT molecular complexity index is 273. The van der Waals surface area contributed by atoms with Gasteiger partial charge in [-0.2, -0.15) is 0 Å². The predicted octanol–water partition coefficient (Wildman–Crippen LogP) is 1.89. The van der Waals surface area contributed by atoms with Gasteiger partial charge in [0.25, 0.3) is 0 Å². The quantitative estimate of drug-likeness (QED) is 0.751. The number of hydrogen-bond acceptors (Lipinski definition) is 2. The lowest BCUT2D eigenvalue weighted by Crippen LogP contribution is -2.44. The van der Waals surface area contributed by atoms with Crippen LogP contribution in [0.15, 0.2) is 29.2 Å². The van der Waals surface area contributed by atoms with Crippen LogP contribution in [0, 0.1) is 5.82 Å². The van der Waals surface area contributed by atoms with E-state index in [1.807, 2.05) is 12.1 Å². The van der Waals surface area contributed by atoms with Crippen LogP contribution in [0.5, 0.6) is 0 Å². The Morgan fingerprint density at radius 2 is 2.08 bits per heavy atom. The number of thioether (sulfide) groups is 1. The van der Waals surface area contributed by atoms with Crippen molar-refractivity contribution in [1.82, 2.24) is 5.32 Å². The van der Waals surface area contributed by atoms with Crippen molar-refractivity contribution in [3.05, 3.63) is 30.1 Å². The van der Waals surface area contributed by atoms with E-state index in [0.29, 0.717) is 5.25 Å². The molecule has 1 aliphatic heterocycles. The smallest absolute Gasteiger partial charge is 0.136 e. The second-order valence-electron chi connectivity index (χ2n) is 2.83. The molecule has 0 aromatic heterocycles. The van der Waals surface area contributed by atoms with Crippen molar-refractivity contribution in [3.8, 4) is 0 Å². The van der Waals surface area contributed by atoms with Crippen LogP contribution in [0.2, 0.25) is 0 Å². The fraction of sp³-hybridized carbons (Fsp3) is 0.333. The lowest BCUT2D eigenvalue weighted by molar-refractivity contribution is 0.541. The summed E-state index contributed by atoms with van der Waals surface area (Å²) >= 11 is 1.62. The number of halogens is 1. The van der Waals surface area contributed by atoms with E-state index >= 15 is 0 Å². The Morgan fingerprint density at radius 1 is 1.33 bits per heavy atom. The van der Waals surface area contributed by atoms with E-state index < -0.39 is 0 Å². The molecule has 1 aromatic rings. The van der Waals surface area contributed by atoms with E-state index in [0.717, 1.165) is 18.0 Å². The van der Waals surface area contributed by atoms with E-state index in [1.54, 1.807) is 17.8 Å². The molecular formula is C9H10FNS. The normalized spacial score (nSPS) is 17.4. The second-order valence-corrected chi connectivity index (χ2v) is 4.17. The first kappa shape index (κ1) is 8.08. The Balaban J connectivity index is 2.06. The molecule has 1 heterocycles. The maximum absolute atomic E-state index is 13.1. The van der Waals surface area contributed by atoms with Crippen LogP contribution in [0.3, 0.4) is 0 Å². The van der Waals surface area contributed by atoms with Gasteiger partial charge in [0.05, 0.1) is 0 Å². The molecule has 64 valence electrons. The van der Waals surface area contributed by atoms with Gasteiger partial charge in [-0.3, -0.25) is 0 Å². The molecule has 0 unspecified atom stereocenters. The molecule has 1 aliphatic rings. The molecule has 1 nitrogen and oxygen atoms in total. The van der Waals surface area contributed by atoms with Crippen molar-refractivity contribution in [2.24, 2.45) is 0 Å². The van der Waals surface area contributed by atoms with Crippen molar-refractivity contribution in [3.63, 3.8) is 0 Å². The third-order valence-corrected chi connectivity index (χ3v) is 3.13. The van der Waals surface area contributed by atoms with E-state index in [4.69, 9.17) is 0 Å². The van der Waals surface area contributed by atoms with Gasteiger partial charge in [0.15, 0.2) is 0 Å². The summed E-state index contributed by atoms with van der Waals surface area (Å²) in [7, 11) is 0. The molecule has 12 heavy (non-hydrogen) atoms. The molecule has 0 bridgehead atoms. The Kier molecular flexibility index (Phi) is 2.33. The first-order chi connectivity index (χ1) is 5.86. The summed E-state index contributed by atoms with van der Waals surface area (Å²) in [5.41, 5.74) is 0. The SMILES string of the molecule is Fc1ccccc1SC1CNC1. The third kappa shape index (κ3) is 1.62. The zero-order valence-electron chi connectivity index (χ0n) is 6.59. The van der Waals surface area contributed by atoms with Gasteiger partial charge >= 0.3 is 0 Å². The largest absolute Gasteiger partial charge is 0.314 e. The zero-order chi connectivity index (χ0) is 8.39. The predicted molar refractivity (Wildman–Crippen MR) is 48.9 cm³/mol. The second kappa shape index (κ2) is 3.46. The summed E-state index contributed by atoms with van der Waals surface area (Å²) in [5.74, 6) is -0.102. The summed E-state index contributed by atoms with van der Waals surface area (Å²) in [5, 5.41) is 3.71. The van der Waals surface area contributed by atoms with Gasteiger partial charge in [-0.25, -0.2) is 4.39 Å². The average Bonchev–Trinajstić information content (AvgIpc) is 2.00. The Hall–Kier alpha value is -0.540. The van der Waals surface area contributed by atoms with Gasteiger partial charge in [0.2, 0.25) is 0 Å². The molecule has 0 aliphatic carbocycles. The highest BCUT2D eigenvalue weighted by molar-refractivity contribution is 8.00. The lowest BCUT2D eigenvalue weighted by Gasteiger charge is -2.26. The molecule has 1 fully saturated rings. The number of rotatable bonds is 2. The average molecular weight is 183 g/mol. The Morgan fingerprint density at radius 3 is 2.67 bits per heavy atom. The molecule has 2 rings (SSSR count). The molecular weight excluding hydrogens is 173 g/mol. The number of nitrogens with one attached hydrogen (secondary N) is 1. The maximum atomic E-state index is 13.1. The van der Waals surface area contributed by atoms with Crippen LogP contribution in [0.4, 0.5) is 4.39 Å². The van der Waals surface area contributed by atoms with Gasteiger partial charge < -0.3 is 5.32 Å². The molecule has 0 atom stereocenters. The standard InChI is InChI=1S/C9H10FNS/c10-8-3-1-2-4-9(8)12-7-5-11-6-7/h1-4,7,11H,5-6H2. The molecule has 0 radical (unpaired) electrons. The van der Waals surface area contributed by atoms with Crippen molar-refractivity contribution in [2.75, 3.05) is 13.1 Å². The molecule has 0 spiro atoms. The molecule has 1 aromatic carbocycles. The number of hydrogen-bond donors (Lipinski definition) is 1. The summed E-state index contributed by atoms with van der Waals surface area (Å²) in [6.07, 6.45) is 0. The molecule has 1 N–H and O–H groups in total. The van der Waals surface area contributed by atoms with Crippen LogP contribution in [-0.4, -0.2) is 18.3 Å². The van der Waals surface area contributed by atoms with Gasteiger partial charge in [-0.15, -0.1) is 11.8 Å². The van der Waals surface area contributed by atoms with Crippen LogP contribution in [-0.2, 0) is 0 Å². The van der Waals surface area contributed by atoms with E-state index in [-0.39, 0.29) is 5.82 Å². The summed E-state index contributed by atoms with van der Waals surface area (Å²) in [6.45, 7) is 2.00. The minimum absolute atomic E-state index is 0.102. The minimum atomic E-state index is -0.102. The highest BCUT2D eigenvalue weighted by atomic mass is 32.2. The summed E-state index contributed by atoms with van der Waals surface area (Å²) < 4.78 is 13.1. The van der Waals surface area contributed by atoms with Crippen LogP contribution in [0.1, 0.15) is 0 Å². The van der Waals surface area contributed by atoms with E-state index in [1.165, 1.54) is 6.07 Å². The minimum Gasteiger partial charge on any atom is -0.314 e. The zero-order valence-corrected chi connectivity index (χ0v) is 7.40. The molecule has 0 saturated carbocycles. The van der Waals surface area contributed by atoms with Crippen molar-refractivity contribution < 1.29 is 4.39 Å². The van der Waals surface area contributed by atoms with Crippen molar-refractivity contribution in [2.45, 2.75) is 10.1 Å². The van der Waals surface area contributed by atoms with Crippen LogP contribution in [0.25, 0.3) is 0 Å². The third-order valence-electron chi connectivity index (χ3n) is 1.87. The highest BCUT2D eigenvalue weighted by Crippen LogP contribution is 2.27. The first-order valence-corrected chi connectivity index (χ1v) is 4.86. The summed E-state index contributed by atoms with van der Waals surface area (Å²) in [4.78, 5) is 0.768. The van der Waals surface area contributed by atoms with Crippen molar-refractivity contribution >= 4 is 11.8 Å². The molecule has 0 amide bonds. The van der Waals surface area contributed by atoms with Gasteiger partial charge in [0, 0.05) is 23.2 Å². The van der Waals surface area contributed by atoms with Gasteiger partial charge in [-0.1, -0.05) is 12.1 Å². The summed E-state index contributed by atoms with van der Waals surface area (Å²) in [6, 6.07) is 6.93. The monoisotopic (exact) mass is 183 g/mol. The lowest BCUT2D eigenvalue weighted by atomic mass is 10.3.